The number of nitro benzene ring substituents is 1. The van der Waals surface area contributed by atoms with Crippen molar-refractivity contribution in [2.24, 2.45) is 5.10 Å². The third kappa shape index (κ3) is 4.70. The summed E-state index contributed by atoms with van der Waals surface area (Å²) >= 11 is 0. The monoisotopic (exact) mass is 330 g/mol. The molecule has 0 heterocycles. The van der Waals surface area contributed by atoms with Gasteiger partial charge < -0.3 is 5.32 Å². The highest BCUT2D eigenvalue weighted by atomic mass is 19.1. The average molecular weight is 330 g/mol. The third-order valence-corrected chi connectivity index (χ3v) is 2.77. The van der Waals surface area contributed by atoms with Gasteiger partial charge in [-0.15, -0.1) is 0 Å². The Balaban J connectivity index is 1.89. The number of anilines is 1. The van der Waals surface area contributed by atoms with E-state index in [0.29, 0.717) is 5.56 Å². The number of nitrogens with one attached hydrogen (secondary N) is 2. The van der Waals surface area contributed by atoms with Crippen molar-refractivity contribution < 1.29 is 18.9 Å². The highest BCUT2D eigenvalue weighted by Crippen LogP contribution is 2.10. The summed E-state index contributed by atoms with van der Waals surface area (Å²) in [4.78, 5) is 33.1. The minimum Gasteiger partial charge on any atom is -0.318 e. The van der Waals surface area contributed by atoms with Crippen LogP contribution in [0, 0.1) is 15.9 Å². The maximum atomic E-state index is 13.0. The van der Waals surface area contributed by atoms with E-state index in [1.807, 2.05) is 5.43 Å². The molecule has 0 fully saturated rings. The molecule has 24 heavy (non-hydrogen) atoms. The molecule has 0 atom stereocenters. The van der Waals surface area contributed by atoms with Crippen LogP contribution in [0.3, 0.4) is 0 Å². The van der Waals surface area contributed by atoms with E-state index in [-0.39, 0.29) is 11.4 Å². The van der Waals surface area contributed by atoms with Crippen molar-refractivity contribution in [2.75, 3.05) is 5.32 Å². The molecule has 0 saturated heterocycles. The van der Waals surface area contributed by atoms with Crippen molar-refractivity contribution in [2.45, 2.75) is 0 Å². The Bertz CT molecular complexity index is 805. The number of benzene rings is 2. The third-order valence-electron chi connectivity index (χ3n) is 2.77. The first-order chi connectivity index (χ1) is 11.5. The lowest BCUT2D eigenvalue weighted by molar-refractivity contribution is -0.384. The van der Waals surface area contributed by atoms with Gasteiger partial charge in [0.1, 0.15) is 5.82 Å². The summed E-state index contributed by atoms with van der Waals surface area (Å²) in [6.45, 7) is 0. The SMILES string of the molecule is O=C(N/N=C\c1ccc([N+](=O)[O-])cc1)C(=O)Nc1cccc(F)c1. The number of rotatable bonds is 4. The second-order valence-corrected chi connectivity index (χ2v) is 4.51. The van der Waals surface area contributed by atoms with E-state index in [2.05, 4.69) is 10.4 Å². The van der Waals surface area contributed by atoms with Crippen molar-refractivity contribution >= 4 is 29.4 Å². The van der Waals surface area contributed by atoms with Gasteiger partial charge in [0.25, 0.3) is 5.69 Å². The molecule has 0 aliphatic heterocycles. The molecule has 0 aliphatic carbocycles. The average Bonchev–Trinajstić information content (AvgIpc) is 2.55. The van der Waals surface area contributed by atoms with Crippen LogP contribution in [0.5, 0.6) is 0 Å². The van der Waals surface area contributed by atoms with Crippen molar-refractivity contribution in [3.63, 3.8) is 0 Å². The zero-order valence-electron chi connectivity index (χ0n) is 12.1. The van der Waals surface area contributed by atoms with Gasteiger partial charge in [-0.25, -0.2) is 9.82 Å². The van der Waals surface area contributed by atoms with Gasteiger partial charge in [0.05, 0.1) is 11.1 Å². The van der Waals surface area contributed by atoms with Crippen molar-refractivity contribution in [1.82, 2.24) is 5.43 Å². The van der Waals surface area contributed by atoms with Crippen LogP contribution >= 0.6 is 0 Å². The molecule has 8 nitrogen and oxygen atoms in total. The molecule has 2 rings (SSSR count). The quantitative estimate of drug-likeness (QED) is 0.385. The van der Waals surface area contributed by atoms with Crippen molar-refractivity contribution in [3.05, 3.63) is 70.0 Å². The van der Waals surface area contributed by atoms with Crippen LogP contribution in [0.4, 0.5) is 15.8 Å². The summed E-state index contributed by atoms with van der Waals surface area (Å²) in [5, 5.41) is 16.3. The second kappa shape index (κ2) is 7.58. The van der Waals surface area contributed by atoms with E-state index in [1.165, 1.54) is 48.7 Å². The first-order valence-electron chi connectivity index (χ1n) is 6.60. The molecule has 0 aliphatic rings. The molecule has 0 spiro atoms. The standard InChI is InChI=1S/C15H11FN4O4/c16-11-2-1-3-12(8-11)18-14(21)15(22)19-17-9-10-4-6-13(7-5-10)20(23)24/h1-9H,(H,18,21)(H,19,22)/b17-9-. The molecule has 9 heteroatoms. The van der Waals surface area contributed by atoms with E-state index in [1.54, 1.807) is 0 Å². The predicted molar refractivity (Wildman–Crippen MR) is 83.9 cm³/mol. The number of non-ortho nitro benzene ring substituents is 1. The van der Waals surface area contributed by atoms with Gasteiger partial charge in [0.2, 0.25) is 0 Å². The number of nitro groups is 1. The highest BCUT2D eigenvalue weighted by molar-refractivity contribution is 6.39. The number of hydrazone groups is 1. The smallest absolute Gasteiger partial charge is 0.318 e. The van der Waals surface area contributed by atoms with E-state index < -0.39 is 22.6 Å². The lowest BCUT2D eigenvalue weighted by atomic mass is 10.2. The zero-order valence-corrected chi connectivity index (χ0v) is 12.1. The Hall–Kier alpha value is -3.62. The molecule has 0 unspecified atom stereocenters. The van der Waals surface area contributed by atoms with Crippen LogP contribution in [-0.2, 0) is 9.59 Å². The van der Waals surface area contributed by atoms with E-state index in [4.69, 9.17) is 0 Å². The minimum atomic E-state index is -1.04. The highest BCUT2D eigenvalue weighted by Gasteiger charge is 2.13. The van der Waals surface area contributed by atoms with Crippen LogP contribution in [0.2, 0.25) is 0 Å². The summed E-state index contributed by atoms with van der Waals surface area (Å²) < 4.78 is 13.0. The van der Waals surface area contributed by atoms with Gasteiger partial charge in [-0.2, -0.15) is 5.10 Å². The largest absolute Gasteiger partial charge is 0.329 e. The maximum absolute atomic E-state index is 13.0. The molecule has 2 aromatic rings. The topological polar surface area (TPSA) is 114 Å². The lowest BCUT2D eigenvalue weighted by Crippen LogP contribution is -2.32. The maximum Gasteiger partial charge on any atom is 0.329 e. The number of nitrogens with zero attached hydrogens (tertiary/aromatic N) is 2. The summed E-state index contributed by atoms with van der Waals surface area (Å²) in [6, 6.07) is 10.5. The molecule has 0 bridgehead atoms. The molecule has 2 aromatic carbocycles. The van der Waals surface area contributed by atoms with Crippen molar-refractivity contribution in [1.29, 1.82) is 0 Å². The first kappa shape index (κ1) is 16.7. The Morgan fingerprint density at radius 1 is 1.12 bits per heavy atom. The fourth-order valence-electron chi connectivity index (χ4n) is 1.65. The molecule has 2 amide bonds. The van der Waals surface area contributed by atoms with Crippen LogP contribution in [0.1, 0.15) is 5.56 Å². The number of hydrogen-bond donors (Lipinski definition) is 2. The molecule has 0 radical (unpaired) electrons. The Labute approximate surface area is 135 Å². The van der Waals surface area contributed by atoms with Crippen LogP contribution < -0.4 is 10.7 Å². The molecular formula is C15H11FN4O4. The number of amides is 2. The normalized spacial score (nSPS) is 10.4. The summed E-state index contributed by atoms with van der Waals surface area (Å²) in [7, 11) is 0. The summed E-state index contributed by atoms with van der Waals surface area (Å²) in [5.74, 6) is -2.61. The number of carbonyl (C=O) groups excluding carboxylic acids is 2. The molecule has 122 valence electrons. The van der Waals surface area contributed by atoms with Gasteiger partial charge in [-0.05, 0) is 35.9 Å². The van der Waals surface area contributed by atoms with Gasteiger partial charge in [-0.1, -0.05) is 6.07 Å². The number of carbonyl (C=O) groups is 2. The Morgan fingerprint density at radius 2 is 1.83 bits per heavy atom. The Kier molecular flexibility index (Phi) is 5.29. The fourth-order valence-corrected chi connectivity index (χ4v) is 1.65. The van der Waals surface area contributed by atoms with Crippen LogP contribution in [0.25, 0.3) is 0 Å². The second-order valence-electron chi connectivity index (χ2n) is 4.51. The molecular weight excluding hydrogens is 319 g/mol. The van der Waals surface area contributed by atoms with Crippen molar-refractivity contribution in [3.8, 4) is 0 Å². The van der Waals surface area contributed by atoms with Crippen LogP contribution in [-0.4, -0.2) is 23.0 Å². The summed E-state index contributed by atoms with van der Waals surface area (Å²) in [6.07, 6.45) is 1.22. The van der Waals surface area contributed by atoms with Gasteiger partial charge >= 0.3 is 11.8 Å². The fraction of sp³-hybridized carbons (Fsp3) is 0. The van der Waals surface area contributed by atoms with E-state index in [0.717, 1.165) is 6.07 Å². The number of hydrogen-bond acceptors (Lipinski definition) is 5. The molecule has 0 aromatic heterocycles. The zero-order chi connectivity index (χ0) is 17.5. The summed E-state index contributed by atoms with van der Waals surface area (Å²) in [5.41, 5.74) is 2.54. The first-order valence-corrected chi connectivity index (χ1v) is 6.60. The minimum absolute atomic E-state index is 0.0781. The van der Waals surface area contributed by atoms with E-state index >= 15 is 0 Å². The van der Waals surface area contributed by atoms with Gasteiger partial charge in [0.15, 0.2) is 0 Å². The lowest BCUT2D eigenvalue weighted by Gasteiger charge is -2.03. The number of halogens is 1. The van der Waals surface area contributed by atoms with Gasteiger partial charge in [0, 0.05) is 17.8 Å². The van der Waals surface area contributed by atoms with Gasteiger partial charge in [-0.3, -0.25) is 19.7 Å². The Morgan fingerprint density at radius 3 is 2.46 bits per heavy atom. The predicted octanol–water partition coefficient (Wildman–Crippen LogP) is 1.82. The molecule has 2 N–H and O–H groups in total. The van der Waals surface area contributed by atoms with Crippen LogP contribution in [0.15, 0.2) is 53.6 Å². The van der Waals surface area contributed by atoms with E-state index in [9.17, 15) is 24.1 Å². The molecule has 0 saturated carbocycles.